The Bertz CT molecular complexity index is 1010. The lowest BCUT2D eigenvalue weighted by molar-refractivity contribution is 0.389. The van der Waals surface area contributed by atoms with Crippen LogP contribution in [0.5, 0.6) is 0 Å². The number of hydrogen-bond donors (Lipinski definition) is 2. The van der Waals surface area contributed by atoms with Crippen molar-refractivity contribution in [3.05, 3.63) is 28.1 Å². The van der Waals surface area contributed by atoms with E-state index in [-0.39, 0.29) is 0 Å². The van der Waals surface area contributed by atoms with Crippen molar-refractivity contribution in [1.82, 2.24) is 9.13 Å². The highest BCUT2D eigenvalue weighted by Crippen LogP contribution is 2.26. The minimum Gasteiger partial charge on any atom is -0.307 e. The molecular weight excluding hydrogens is 641 g/mol. The van der Waals surface area contributed by atoms with Crippen LogP contribution in [0.1, 0.15) is 185 Å². The molecule has 0 saturated heterocycles. The van der Waals surface area contributed by atoms with Crippen LogP contribution in [0.4, 0.5) is 0 Å². The zero-order valence-electron chi connectivity index (χ0n) is 33.5. The fraction of sp³-hybridized carbons (Fsp3) is 0.837. The van der Waals surface area contributed by atoms with Crippen molar-refractivity contribution in [2.24, 2.45) is 35.5 Å². The molecule has 1 aromatic rings. The highest BCUT2D eigenvalue weighted by molar-refractivity contribution is 7.83. The van der Waals surface area contributed by atoms with Crippen molar-refractivity contribution in [2.75, 3.05) is 0 Å². The molecule has 0 amide bonds. The predicted octanol–water partition coefficient (Wildman–Crippen LogP) is 15.4. The normalized spacial score (nSPS) is 15.5. The van der Waals surface area contributed by atoms with E-state index in [1.54, 1.807) is 0 Å². The topological polar surface area (TPSA) is 9.86 Å². The van der Waals surface area contributed by atoms with Crippen molar-refractivity contribution in [3.8, 4) is 0 Å². The first kappa shape index (κ1) is 45.6. The van der Waals surface area contributed by atoms with Crippen LogP contribution in [0.25, 0.3) is 0 Å². The summed E-state index contributed by atoms with van der Waals surface area (Å²) in [6.45, 7) is 25.2. The van der Waals surface area contributed by atoms with Crippen molar-refractivity contribution in [2.45, 2.75) is 208 Å². The van der Waals surface area contributed by atoms with Gasteiger partial charge in [0.05, 0.1) is 0 Å². The van der Waals surface area contributed by atoms with Gasteiger partial charge in [0.1, 0.15) is 10.1 Å². The molecule has 1 heterocycles. The molecule has 5 heteroatoms. The fourth-order valence-corrected chi connectivity index (χ4v) is 8.07. The number of allylic oxidation sites excluding steroid dienone is 4. The van der Waals surface area contributed by atoms with Crippen LogP contribution in [0.3, 0.4) is 0 Å². The highest BCUT2D eigenvalue weighted by atomic mass is 32.1. The van der Waals surface area contributed by atoms with E-state index in [2.05, 4.69) is 90.5 Å². The number of hydrogen-bond acceptors (Lipinski definition) is 3. The third-order valence-corrected chi connectivity index (χ3v) is 12.2. The van der Waals surface area contributed by atoms with Crippen LogP contribution in [0.2, 0.25) is 0 Å². The summed E-state index contributed by atoms with van der Waals surface area (Å²) in [4.78, 5) is 0. The molecular formula is C43H80N2S3. The van der Waals surface area contributed by atoms with E-state index in [9.17, 15) is 0 Å². The predicted molar refractivity (Wildman–Crippen MR) is 225 cm³/mol. The minimum atomic E-state index is 0.769. The zero-order valence-corrected chi connectivity index (χ0v) is 36.1. The zero-order chi connectivity index (χ0) is 36.1. The Hall–Kier alpha value is -0.390. The van der Waals surface area contributed by atoms with Gasteiger partial charge in [0, 0.05) is 13.1 Å². The lowest BCUT2D eigenvalue weighted by Gasteiger charge is -2.15. The van der Waals surface area contributed by atoms with Gasteiger partial charge in [0.2, 0.25) is 0 Å². The maximum atomic E-state index is 5.90. The van der Waals surface area contributed by atoms with Gasteiger partial charge in [0.15, 0.2) is 4.77 Å². The Morgan fingerprint density at radius 1 is 0.500 bits per heavy atom. The van der Waals surface area contributed by atoms with Gasteiger partial charge < -0.3 is 9.13 Å². The number of thiol groups is 2. The van der Waals surface area contributed by atoms with Crippen molar-refractivity contribution >= 4 is 37.5 Å². The van der Waals surface area contributed by atoms with Crippen molar-refractivity contribution in [3.63, 3.8) is 0 Å². The molecule has 48 heavy (non-hydrogen) atoms. The molecule has 4 atom stereocenters. The van der Waals surface area contributed by atoms with Crippen LogP contribution in [-0.2, 0) is 13.1 Å². The average Bonchev–Trinajstić information content (AvgIpc) is 3.20. The Kier molecular flexibility index (Phi) is 25.1. The molecule has 1 rings (SSSR count). The SMILES string of the molecule is C/C(=C\Cn1c(S)c(S)n(C/C=C(\C)CCC[C@H](C)CCC[C@H](C)CCCC(C)C)c1=S)CCC[C@H](C)CCC[C@H](C)CCCC(C)C. The monoisotopic (exact) mass is 721 g/mol. The van der Waals surface area contributed by atoms with E-state index in [0.29, 0.717) is 0 Å². The van der Waals surface area contributed by atoms with Gasteiger partial charge >= 0.3 is 0 Å². The third kappa shape index (κ3) is 21.1. The summed E-state index contributed by atoms with van der Waals surface area (Å²) in [7, 11) is 0. The molecule has 0 bridgehead atoms. The molecule has 280 valence electrons. The first-order valence-electron chi connectivity index (χ1n) is 20.2. The summed E-state index contributed by atoms with van der Waals surface area (Å²) in [5.74, 6) is 5.10. The van der Waals surface area contributed by atoms with Crippen LogP contribution in [-0.4, -0.2) is 9.13 Å². The quantitative estimate of drug-likeness (QED) is 0.0498. The second-order valence-electron chi connectivity index (χ2n) is 17.0. The second kappa shape index (κ2) is 26.4. The molecule has 0 unspecified atom stereocenters. The number of rotatable bonds is 28. The first-order valence-corrected chi connectivity index (χ1v) is 21.5. The van der Waals surface area contributed by atoms with Crippen LogP contribution < -0.4 is 0 Å². The molecule has 0 saturated carbocycles. The summed E-state index contributed by atoms with van der Waals surface area (Å²) < 4.78 is 5.08. The van der Waals surface area contributed by atoms with E-state index in [0.717, 1.165) is 76.3 Å². The second-order valence-corrected chi connectivity index (χ2v) is 18.2. The summed E-state index contributed by atoms with van der Waals surface area (Å²) in [6, 6.07) is 0. The third-order valence-electron chi connectivity index (χ3n) is 10.7. The van der Waals surface area contributed by atoms with Gasteiger partial charge in [-0.15, -0.1) is 25.3 Å². The number of aromatic nitrogens is 2. The van der Waals surface area contributed by atoms with E-state index >= 15 is 0 Å². The van der Waals surface area contributed by atoms with Gasteiger partial charge in [-0.2, -0.15) is 0 Å². The molecule has 0 aliphatic carbocycles. The minimum absolute atomic E-state index is 0.769. The smallest absolute Gasteiger partial charge is 0.182 e. The van der Waals surface area contributed by atoms with Gasteiger partial charge in [-0.3, -0.25) is 0 Å². The van der Waals surface area contributed by atoms with Gasteiger partial charge in [-0.1, -0.05) is 169 Å². The van der Waals surface area contributed by atoms with Crippen molar-refractivity contribution < 1.29 is 0 Å². The summed E-state index contributed by atoms with van der Waals surface area (Å²) in [5, 5.41) is 1.74. The van der Waals surface area contributed by atoms with Crippen LogP contribution >= 0.6 is 37.5 Å². The lowest BCUT2D eigenvalue weighted by atomic mass is 9.91. The van der Waals surface area contributed by atoms with Gasteiger partial charge in [-0.05, 0) is 87.3 Å². The Morgan fingerprint density at radius 3 is 1.06 bits per heavy atom. The summed E-state index contributed by atoms with van der Waals surface area (Å²) in [6.07, 6.45) is 28.9. The Morgan fingerprint density at radius 2 is 0.771 bits per heavy atom. The number of nitrogens with zero attached hydrogens (tertiary/aromatic N) is 2. The van der Waals surface area contributed by atoms with Crippen LogP contribution in [0, 0.1) is 40.3 Å². The van der Waals surface area contributed by atoms with E-state index in [1.165, 1.54) is 114 Å². The molecule has 0 aliphatic heterocycles. The number of imidazole rings is 1. The maximum absolute atomic E-state index is 5.90. The maximum Gasteiger partial charge on any atom is 0.182 e. The molecule has 1 aromatic heterocycles. The Balaban J connectivity index is 2.40. The lowest BCUT2D eigenvalue weighted by Crippen LogP contribution is -2.02. The summed E-state index contributed by atoms with van der Waals surface area (Å²) in [5.41, 5.74) is 2.90. The van der Waals surface area contributed by atoms with Crippen LogP contribution in [0.15, 0.2) is 33.4 Å². The van der Waals surface area contributed by atoms with E-state index in [1.807, 2.05) is 0 Å². The summed E-state index contributed by atoms with van der Waals surface area (Å²) >= 11 is 15.5. The molecule has 0 spiro atoms. The largest absolute Gasteiger partial charge is 0.307 e. The first-order chi connectivity index (χ1) is 22.7. The molecule has 0 fully saturated rings. The van der Waals surface area contributed by atoms with Gasteiger partial charge in [0.25, 0.3) is 0 Å². The van der Waals surface area contributed by atoms with E-state index in [4.69, 9.17) is 37.5 Å². The van der Waals surface area contributed by atoms with Crippen molar-refractivity contribution in [1.29, 1.82) is 0 Å². The van der Waals surface area contributed by atoms with Gasteiger partial charge in [-0.25, -0.2) is 0 Å². The van der Waals surface area contributed by atoms with E-state index < -0.39 is 0 Å². The molecule has 0 aliphatic rings. The fourth-order valence-electron chi connectivity index (χ4n) is 7.01. The standard InChI is InChI=1S/C43H80N2S3/c1-33(2)17-11-19-35(5)21-13-23-37(7)25-15-27-39(9)29-31-44-41(46)42(47)45(43(44)48)32-30-40(10)28-16-26-38(8)24-14-22-36(6)20-12-18-34(3)4/h29-30,33-38,46-47H,11-28,31-32H2,1-10H3/b39-29+,40-30+/t35-,36-,37-,38-/m1/s1. The average molecular weight is 721 g/mol. The highest BCUT2D eigenvalue weighted by Gasteiger charge is 2.12. The molecule has 0 radical (unpaired) electrons. The molecule has 2 nitrogen and oxygen atoms in total. The Labute approximate surface area is 316 Å². The molecule has 0 N–H and O–H groups in total. The molecule has 0 aromatic carbocycles.